The number of nitrogens with zero attached hydrogens (tertiary/aromatic N) is 2. The molecule has 0 atom stereocenters. The lowest BCUT2D eigenvalue weighted by atomic mass is 10.1. The minimum absolute atomic E-state index is 0.0456. The number of rotatable bonds is 4. The van der Waals surface area contributed by atoms with Crippen LogP contribution in [0.5, 0.6) is 5.75 Å². The average molecular weight is 436 g/mol. The molecule has 0 aliphatic heterocycles. The molecule has 0 aromatic heterocycles. The van der Waals surface area contributed by atoms with Crippen molar-refractivity contribution in [3.8, 4) is 5.75 Å². The van der Waals surface area contributed by atoms with Gasteiger partial charge in [-0.15, -0.1) is 5.11 Å². The van der Waals surface area contributed by atoms with E-state index in [1.165, 1.54) is 6.07 Å². The van der Waals surface area contributed by atoms with E-state index in [0.717, 1.165) is 29.3 Å². The van der Waals surface area contributed by atoms with Gasteiger partial charge in [-0.2, -0.15) is 21.9 Å². The molecule has 0 bridgehead atoms. The van der Waals surface area contributed by atoms with Crippen LogP contribution in [-0.2, 0) is 20.2 Å². The van der Waals surface area contributed by atoms with Crippen LogP contribution in [-0.4, -0.2) is 31.0 Å². The van der Waals surface area contributed by atoms with Crippen molar-refractivity contribution in [1.82, 2.24) is 0 Å². The SMILES string of the molecule is Cc1ccc(N=Nc2c(S(=O)(=O)O)cc3cc(S(=O)(=O)O)ccc3c2O)c(C)c1. The molecule has 3 N–H and O–H groups in total. The van der Waals surface area contributed by atoms with Gasteiger partial charge in [0.25, 0.3) is 20.2 Å². The Hall–Kier alpha value is -2.86. The van der Waals surface area contributed by atoms with Crippen LogP contribution in [0.4, 0.5) is 11.4 Å². The monoisotopic (exact) mass is 436 g/mol. The van der Waals surface area contributed by atoms with Gasteiger partial charge >= 0.3 is 0 Å². The summed E-state index contributed by atoms with van der Waals surface area (Å²) in [7, 11) is -9.40. The van der Waals surface area contributed by atoms with E-state index in [2.05, 4.69) is 10.2 Å². The van der Waals surface area contributed by atoms with Gasteiger partial charge in [0.05, 0.1) is 10.6 Å². The molecule has 0 saturated carbocycles. The zero-order valence-corrected chi connectivity index (χ0v) is 16.9. The van der Waals surface area contributed by atoms with Gasteiger partial charge in [-0.05, 0) is 55.1 Å². The molecule has 152 valence electrons. The third-order valence-corrected chi connectivity index (χ3v) is 5.92. The smallest absolute Gasteiger partial charge is 0.296 e. The Morgan fingerprint density at radius 3 is 2.10 bits per heavy atom. The van der Waals surface area contributed by atoms with Crippen molar-refractivity contribution in [2.75, 3.05) is 0 Å². The summed E-state index contributed by atoms with van der Waals surface area (Å²) < 4.78 is 65.0. The summed E-state index contributed by atoms with van der Waals surface area (Å²) in [5.41, 5.74) is 1.68. The molecule has 3 aromatic rings. The molecule has 29 heavy (non-hydrogen) atoms. The average Bonchev–Trinajstić information content (AvgIpc) is 2.60. The molecule has 0 saturated heterocycles. The second kappa shape index (κ2) is 7.19. The van der Waals surface area contributed by atoms with Gasteiger partial charge in [-0.3, -0.25) is 9.11 Å². The second-order valence-electron chi connectivity index (χ2n) is 6.39. The quantitative estimate of drug-likeness (QED) is 0.411. The van der Waals surface area contributed by atoms with Gasteiger partial charge in [-0.1, -0.05) is 17.7 Å². The van der Waals surface area contributed by atoms with Crippen LogP contribution in [0, 0.1) is 13.8 Å². The van der Waals surface area contributed by atoms with Gasteiger partial charge in [0.15, 0.2) is 5.75 Å². The number of benzene rings is 3. The van der Waals surface area contributed by atoms with E-state index >= 15 is 0 Å². The highest BCUT2D eigenvalue weighted by atomic mass is 32.2. The van der Waals surface area contributed by atoms with Crippen LogP contribution in [0.15, 0.2) is 62.5 Å². The number of aryl methyl sites for hydroxylation is 2. The van der Waals surface area contributed by atoms with Crippen LogP contribution in [0.25, 0.3) is 10.8 Å². The first-order valence-electron chi connectivity index (χ1n) is 8.11. The van der Waals surface area contributed by atoms with E-state index in [-0.39, 0.29) is 10.8 Å². The molecule has 11 heteroatoms. The number of fused-ring (bicyclic) bond motifs is 1. The highest BCUT2D eigenvalue weighted by Crippen LogP contribution is 2.42. The Bertz CT molecular complexity index is 1380. The largest absolute Gasteiger partial charge is 0.505 e. The number of aromatic hydroxyl groups is 1. The van der Waals surface area contributed by atoms with Crippen LogP contribution in [0.3, 0.4) is 0 Å². The summed E-state index contributed by atoms with van der Waals surface area (Å²) in [6, 6.07) is 9.40. The summed E-state index contributed by atoms with van der Waals surface area (Å²) in [6.45, 7) is 3.67. The molecule has 0 aliphatic rings. The Balaban J connectivity index is 2.28. The summed E-state index contributed by atoms with van der Waals surface area (Å²) in [6.07, 6.45) is 0. The molecule has 0 aliphatic carbocycles. The fraction of sp³-hybridized carbons (Fsp3) is 0.111. The van der Waals surface area contributed by atoms with Crippen molar-refractivity contribution >= 4 is 42.4 Å². The highest BCUT2D eigenvalue weighted by molar-refractivity contribution is 7.86. The van der Waals surface area contributed by atoms with Crippen LogP contribution in [0.2, 0.25) is 0 Å². The van der Waals surface area contributed by atoms with Crippen molar-refractivity contribution in [1.29, 1.82) is 0 Å². The molecular weight excluding hydrogens is 420 g/mol. The van der Waals surface area contributed by atoms with Crippen molar-refractivity contribution in [2.45, 2.75) is 23.6 Å². The molecule has 3 aromatic carbocycles. The summed E-state index contributed by atoms with van der Waals surface area (Å²) >= 11 is 0. The minimum Gasteiger partial charge on any atom is -0.505 e. The molecule has 0 unspecified atom stereocenters. The normalized spacial score (nSPS) is 12.7. The lowest BCUT2D eigenvalue weighted by Crippen LogP contribution is -2.00. The molecule has 9 nitrogen and oxygen atoms in total. The first kappa shape index (κ1) is 20.9. The van der Waals surface area contributed by atoms with Crippen molar-refractivity contribution < 1.29 is 31.0 Å². The number of hydrogen-bond acceptors (Lipinski definition) is 7. The van der Waals surface area contributed by atoms with Crippen LogP contribution < -0.4 is 0 Å². The fourth-order valence-corrected chi connectivity index (χ4v) is 3.98. The lowest BCUT2D eigenvalue weighted by Gasteiger charge is -2.10. The standard InChI is InChI=1S/C18H16N2O7S2/c1-10-3-6-15(11(2)7-10)19-20-17-16(29(25,26)27)9-12-8-13(28(22,23)24)4-5-14(12)18(17)21/h3-9,21H,1-2H3,(H,22,23,24)(H,25,26,27). The van der Waals surface area contributed by atoms with E-state index in [9.17, 15) is 26.5 Å². The minimum atomic E-state index is -4.84. The molecule has 0 spiro atoms. The van der Waals surface area contributed by atoms with E-state index in [0.29, 0.717) is 5.69 Å². The Morgan fingerprint density at radius 2 is 1.52 bits per heavy atom. The van der Waals surface area contributed by atoms with Crippen molar-refractivity contribution in [3.63, 3.8) is 0 Å². The summed E-state index contributed by atoms with van der Waals surface area (Å²) in [5.74, 6) is -0.620. The first-order valence-corrected chi connectivity index (χ1v) is 11.0. The summed E-state index contributed by atoms with van der Waals surface area (Å²) in [4.78, 5) is -1.26. The van der Waals surface area contributed by atoms with Gasteiger partial charge in [0.1, 0.15) is 10.6 Å². The van der Waals surface area contributed by atoms with E-state index in [1.807, 2.05) is 13.0 Å². The molecular formula is C18H16N2O7S2. The van der Waals surface area contributed by atoms with Crippen LogP contribution in [0.1, 0.15) is 11.1 Å². The first-order chi connectivity index (χ1) is 13.4. The molecule has 0 fully saturated rings. The predicted octanol–water partition coefficient (Wildman–Crippen LogP) is 4.07. The topological polar surface area (TPSA) is 154 Å². The van der Waals surface area contributed by atoms with Gasteiger partial charge < -0.3 is 5.11 Å². The highest BCUT2D eigenvalue weighted by Gasteiger charge is 2.23. The Kier molecular flexibility index (Phi) is 5.17. The molecule has 0 heterocycles. The Labute approximate surface area is 166 Å². The second-order valence-corrected chi connectivity index (χ2v) is 9.21. The van der Waals surface area contributed by atoms with Crippen molar-refractivity contribution in [2.24, 2.45) is 10.2 Å². The zero-order valence-electron chi connectivity index (χ0n) is 15.2. The van der Waals surface area contributed by atoms with E-state index < -0.39 is 41.5 Å². The predicted molar refractivity (Wildman–Crippen MR) is 105 cm³/mol. The number of phenols is 1. The third-order valence-electron chi connectivity index (χ3n) is 4.21. The van der Waals surface area contributed by atoms with Gasteiger partial charge in [-0.25, -0.2) is 0 Å². The third kappa shape index (κ3) is 4.27. The zero-order chi connectivity index (χ0) is 21.6. The molecule has 0 radical (unpaired) electrons. The Morgan fingerprint density at radius 1 is 0.828 bits per heavy atom. The maximum absolute atomic E-state index is 11.8. The maximum atomic E-state index is 11.8. The maximum Gasteiger partial charge on any atom is 0.296 e. The lowest BCUT2D eigenvalue weighted by molar-refractivity contribution is 0.472. The fourth-order valence-electron chi connectivity index (χ4n) is 2.80. The van der Waals surface area contributed by atoms with Gasteiger partial charge in [0, 0.05) is 5.39 Å². The van der Waals surface area contributed by atoms with Crippen molar-refractivity contribution in [3.05, 3.63) is 53.6 Å². The van der Waals surface area contributed by atoms with E-state index in [1.54, 1.807) is 19.1 Å². The number of hydrogen-bond donors (Lipinski definition) is 3. The van der Waals surface area contributed by atoms with Gasteiger partial charge in [0.2, 0.25) is 0 Å². The number of azo groups is 1. The van der Waals surface area contributed by atoms with E-state index in [4.69, 9.17) is 4.55 Å². The molecule has 0 amide bonds. The number of phenolic OH excluding ortho intramolecular Hbond substituents is 1. The summed E-state index contributed by atoms with van der Waals surface area (Å²) in [5, 5.41) is 18.3. The van der Waals surface area contributed by atoms with Crippen LogP contribution >= 0.6 is 0 Å². The molecule has 3 rings (SSSR count).